The number of thiazole rings is 1. The maximum Gasteiger partial charge on any atom is 0.253 e. The molecule has 0 saturated carbocycles. The Kier molecular flexibility index (Phi) is 3.20. The molecule has 4 aromatic rings. The molecule has 3 aromatic heterocycles. The largest absolute Gasteiger partial charge is 0.346 e. The van der Waals surface area contributed by atoms with Gasteiger partial charge in [-0.1, -0.05) is 15.9 Å². The average molecular weight is 376 g/mol. The molecule has 0 fully saturated rings. The zero-order valence-corrected chi connectivity index (χ0v) is 13.6. The first-order valence-electron chi connectivity index (χ1n) is 6.52. The van der Waals surface area contributed by atoms with E-state index in [1.807, 2.05) is 28.2 Å². The molecule has 3 heterocycles. The van der Waals surface area contributed by atoms with Gasteiger partial charge in [-0.15, -0.1) is 11.3 Å². The molecule has 2 N–H and O–H groups in total. The molecule has 1 aromatic carbocycles. The van der Waals surface area contributed by atoms with E-state index in [0.29, 0.717) is 17.6 Å². The standard InChI is InChI=1S/C14H10BrN5OS/c15-8-3-10(12-11(4-8)17-7-18-12)13(21)16-5-9-6-20-1-2-22-14(20)19-9/h1-4,6-7H,5H2,(H,16,21)(H,17,18). The van der Waals surface area contributed by atoms with E-state index in [-0.39, 0.29) is 5.91 Å². The number of rotatable bonds is 3. The number of benzene rings is 1. The van der Waals surface area contributed by atoms with Crippen molar-refractivity contribution in [2.75, 3.05) is 0 Å². The molecule has 4 rings (SSSR count). The first kappa shape index (κ1) is 13.5. The molecule has 0 atom stereocenters. The van der Waals surface area contributed by atoms with Gasteiger partial charge < -0.3 is 10.3 Å². The molecular weight excluding hydrogens is 366 g/mol. The molecule has 0 aliphatic heterocycles. The van der Waals surface area contributed by atoms with Crippen LogP contribution in [-0.4, -0.2) is 25.3 Å². The predicted molar refractivity (Wildman–Crippen MR) is 88.0 cm³/mol. The number of imidazole rings is 2. The van der Waals surface area contributed by atoms with Crippen molar-refractivity contribution >= 4 is 49.2 Å². The summed E-state index contributed by atoms with van der Waals surface area (Å²) in [6.07, 6.45) is 5.44. The van der Waals surface area contributed by atoms with Gasteiger partial charge in [-0.05, 0) is 12.1 Å². The summed E-state index contributed by atoms with van der Waals surface area (Å²) in [5, 5.41) is 4.86. The van der Waals surface area contributed by atoms with Crippen molar-refractivity contribution in [3.8, 4) is 0 Å². The Bertz CT molecular complexity index is 957. The number of hydrogen-bond acceptors (Lipinski definition) is 4. The van der Waals surface area contributed by atoms with Gasteiger partial charge >= 0.3 is 0 Å². The fourth-order valence-electron chi connectivity index (χ4n) is 2.32. The number of hydrogen-bond donors (Lipinski definition) is 2. The fraction of sp³-hybridized carbons (Fsp3) is 0.0714. The Hall–Kier alpha value is -2.19. The van der Waals surface area contributed by atoms with Crippen molar-refractivity contribution < 1.29 is 4.79 Å². The van der Waals surface area contributed by atoms with E-state index in [9.17, 15) is 4.79 Å². The minimum atomic E-state index is -0.172. The first-order chi connectivity index (χ1) is 10.7. The highest BCUT2D eigenvalue weighted by molar-refractivity contribution is 9.10. The number of aromatic nitrogens is 4. The summed E-state index contributed by atoms with van der Waals surface area (Å²) in [7, 11) is 0. The van der Waals surface area contributed by atoms with Crippen molar-refractivity contribution in [3.05, 3.63) is 52.0 Å². The SMILES string of the molecule is O=C(NCc1cn2ccsc2n1)c1cc(Br)cc2[nH]cnc12. The van der Waals surface area contributed by atoms with Crippen LogP contribution in [0.1, 0.15) is 16.1 Å². The van der Waals surface area contributed by atoms with Crippen molar-refractivity contribution in [1.82, 2.24) is 24.7 Å². The van der Waals surface area contributed by atoms with Crippen LogP contribution in [-0.2, 0) is 6.54 Å². The van der Waals surface area contributed by atoms with Crippen LogP contribution >= 0.6 is 27.3 Å². The summed E-state index contributed by atoms with van der Waals surface area (Å²) in [5.74, 6) is -0.172. The van der Waals surface area contributed by atoms with Crippen molar-refractivity contribution in [3.63, 3.8) is 0 Å². The molecule has 22 heavy (non-hydrogen) atoms. The van der Waals surface area contributed by atoms with E-state index in [1.54, 1.807) is 23.7 Å². The van der Waals surface area contributed by atoms with Gasteiger partial charge in [0.1, 0.15) is 5.52 Å². The van der Waals surface area contributed by atoms with Gasteiger partial charge in [0.2, 0.25) is 0 Å². The number of carbonyl (C=O) groups is 1. The van der Waals surface area contributed by atoms with Crippen LogP contribution in [0.25, 0.3) is 16.0 Å². The highest BCUT2D eigenvalue weighted by atomic mass is 79.9. The number of amides is 1. The minimum Gasteiger partial charge on any atom is -0.346 e. The molecule has 0 saturated heterocycles. The molecule has 0 radical (unpaired) electrons. The second-order valence-electron chi connectivity index (χ2n) is 4.76. The van der Waals surface area contributed by atoms with Crippen LogP contribution < -0.4 is 5.32 Å². The minimum absolute atomic E-state index is 0.172. The monoisotopic (exact) mass is 375 g/mol. The normalized spacial score (nSPS) is 11.3. The van der Waals surface area contributed by atoms with Crippen LogP contribution in [0, 0.1) is 0 Å². The quantitative estimate of drug-likeness (QED) is 0.577. The van der Waals surface area contributed by atoms with Gasteiger partial charge in [-0.25, -0.2) is 9.97 Å². The van der Waals surface area contributed by atoms with E-state index in [1.165, 1.54) is 0 Å². The maximum atomic E-state index is 12.4. The molecule has 0 spiro atoms. The highest BCUT2D eigenvalue weighted by Crippen LogP contribution is 2.21. The first-order valence-corrected chi connectivity index (χ1v) is 8.20. The van der Waals surface area contributed by atoms with E-state index in [2.05, 4.69) is 36.2 Å². The third-order valence-electron chi connectivity index (χ3n) is 3.31. The predicted octanol–water partition coefficient (Wildman–Crippen LogP) is 2.96. The summed E-state index contributed by atoms with van der Waals surface area (Å²) < 4.78 is 2.77. The van der Waals surface area contributed by atoms with Gasteiger partial charge in [-0.3, -0.25) is 9.20 Å². The van der Waals surface area contributed by atoms with Crippen molar-refractivity contribution in [2.24, 2.45) is 0 Å². The third kappa shape index (κ3) is 2.30. The van der Waals surface area contributed by atoms with Crippen LogP contribution in [0.4, 0.5) is 0 Å². The fourth-order valence-corrected chi connectivity index (χ4v) is 3.49. The Balaban J connectivity index is 1.58. The topological polar surface area (TPSA) is 75.1 Å². The highest BCUT2D eigenvalue weighted by Gasteiger charge is 2.14. The molecule has 0 bridgehead atoms. The number of nitrogens with one attached hydrogen (secondary N) is 2. The van der Waals surface area contributed by atoms with E-state index in [0.717, 1.165) is 20.6 Å². The molecule has 6 nitrogen and oxygen atoms in total. The van der Waals surface area contributed by atoms with Gasteiger partial charge in [0.25, 0.3) is 5.91 Å². The summed E-state index contributed by atoms with van der Waals surface area (Å²) in [6, 6.07) is 3.66. The van der Waals surface area contributed by atoms with Gasteiger partial charge in [-0.2, -0.15) is 0 Å². The lowest BCUT2D eigenvalue weighted by Gasteiger charge is -2.05. The van der Waals surface area contributed by atoms with E-state index < -0.39 is 0 Å². The Morgan fingerprint density at radius 2 is 2.36 bits per heavy atom. The third-order valence-corrected chi connectivity index (χ3v) is 4.53. The summed E-state index contributed by atoms with van der Waals surface area (Å²) in [4.78, 5) is 25.0. The summed E-state index contributed by atoms with van der Waals surface area (Å²) in [5.41, 5.74) is 2.84. The Labute approximate surface area is 137 Å². The van der Waals surface area contributed by atoms with Crippen LogP contribution in [0.2, 0.25) is 0 Å². The average Bonchev–Trinajstić information content (AvgIpc) is 3.18. The van der Waals surface area contributed by atoms with Gasteiger partial charge in [0.05, 0.1) is 29.6 Å². The molecule has 0 aliphatic carbocycles. The summed E-state index contributed by atoms with van der Waals surface area (Å²) >= 11 is 4.97. The molecule has 1 amide bonds. The van der Waals surface area contributed by atoms with Crippen LogP contribution in [0.15, 0.2) is 40.7 Å². The maximum absolute atomic E-state index is 12.4. The molecule has 0 aliphatic rings. The number of aromatic amines is 1. The molecule has 8 heteroatoms. The number of fused-ring (bicyclic) bond motifs is 2. The van der Waals surface area contributed by atoms with Crippen molar-refractivity contribution in [1.29, 1.82) is 0 Å². The zero-order valence-electron chi connectivity index (χ0n) is 11.2. The second kappa shape index (κ2) is 5.22. The van der Waals surface area contributed by atoms with Gasteiger partial charge in [0, 0.05) is 22.2 Å². The molecule has 110 valence electrons. The smallest absolute Gasteiger partial charge is 0.253 e. The molecular formula is C14H10BrN5OS. The summed E-state index contributed by atoms with van der Waals surface area (Å²) in [6.45, 7) is 0.381. The number of halogens is 1. The lowest BCUT2D eigenvalue weighted by Crippen LogP contribution is -2.23. The van der Waals surface area contributed by atoms with Crippen molar-refractivity contribution in [2.45, 2.75) is 6.54 Å². The van der Waals surface area contributed by atoms with Gasteiger partial charge in [0.15, 0.2) is 4.96 Å². The lowest BCUT2D eigenvalue weighted by molar-refractivity contribution is 0.0952. The zero-order chi connectivity index (χ0) is 15.1. The number of H-pyrrole nitrogens is 1. The van der Waals surface area contributed by atoms with E-state index in [4.69, 9.17) is 0 Å². The lowest BCUT2D eigenvalue weighted by atomic mass is 10.1. The number of carbonyl (C=O) groups excluding carboxylic acids is 1. The second-order valence-corrected chi connectivity index (χ2v) is 6.55. The molecule has 0 unspecified atom stereocenters. The Morgan fingerprint density at radius 1 is 1.45 bits per heavy atom. The van der Waals surface area contributed by atoms with E-state index >= 15 is 0 Å². The Morgan fingerprint density at radius 3 is 3.23 bits per heavy atom. The number of nitrogens with zero attached hydrogens (tertiary/aromatic N) is 3. The van der Waals surface area contributed by atoms with Crippen LogP contribution in [0.5, 0.6) is 0 Å². The van der Waals surface area contributed by atoms with Crippen LogP contribution in [0.3, 0.4) is 0 Å².